The Kier molecular flexibility index (Phi) is 5.02. The van der Waals surface area contributed by atoms with Gasteiger partial charge in [0.05, 0.1) is 6.61 Å². The molecule has 0 fully saturated rings. The normalized spacial score (nSPS) is 10.1. The summed E-state index contributed by atoms with van der Waals surface area (Å²) in [7, 11) is 3.47. The van der Waals surface area contributed by atoms with Crippen molar-refractivity contribution in [1.82, 2.24) is 9.27 Å². The van der Waals surface area contributed by atoms with Crippen LogP contribution >= 0.6 is 11.5 Å². The molecule has 96 valence electrons. The molecule has 1 rings (SSSR count). The molecule has 1 aromatic rings. The van der Waals surface area contributed by atoms with Crippen molar-refractivity contribution >= 4 is 28.3 Å². The molecule has 1 heterocycles. The largest absolute Gasteiger partial charge is 0.487 e. The third kappa shape index (κ3) is 3.77. The molecule has 0 spiro atoms. The first-order valence-corrected chi connectivity index (χ1v) is 6.15. The van der Waals surface area contributed by atoms with Gasteiger partial charge in [-0.1, -0.05) is 0 Å². The molecular formula is C10H18N4O2S. The Morgan fingerprint density at radius 2 is 2.29 bits per heavy atom. The van der Waals surface area contributed by atoms with Crippen molar-refractivity contribution in [3.63, 3.8) is 0 Å². The highest BCUT2D eigenvalue weighted by atomic mass is 32.1. The van der Waals surface area contributed by atoms with Crippen LogP contribution in [0.25, 0.3) is 0 Å². The first-order valence-electron chi connectivity index (χ1n) is 5.38. The number of hydrogen-bond acceptors (Lipinski definition) is 6. The average molecular weight is 258 g/mol. The molecule has 0 bridgehead atoms. The van der Waals surface area contributed by atoms with Gasteiger partial charge in [-0.2, -0.15) is 4.37 Å². The number of nitrogen functional groups attached to an aromatic ring is 1. The van der Waals surface area contributed by atoms with Crippen molar-refractivity contribution in [3.05, 3.63) is 0 Å². The minimum absolute atomic E-state index is 0.0768. The van der Waals surface area contributed by atoms with Crippen molar-refractivity contribution in [2.45, 2.75) is 13.3 Å². The third-order valence-corrected chi connectivity index (χ3v) is 2.89. The number of carbonyl (C=O) groups excluding carboxylic acids is 1. The lowest BCUT2D eigenvalue weighted by molar-refractivity contribution is -0.128. The molecule has 0 unspecified atom stereocenters. The Bertz CT molecular complexity index is 378. The van der Waals surface area contributed by atoms with Crippen molar-refractivity contribution < 1.29 is 9.53 Å². The van der Waals surface area contributed by atoms with Gasteiger partial charge in [-0.15, -0.1) is 0 Å². The predicted molar refractivity (Wildman–Crippen MR) is 69.5 cm³/mol. The number of carbonyl (C=O) groups is 1. The fourth-order valence-electron chi connectivity index (χ4n) is 1.20. The summed E-state index contributed by atoms with van der Waals surface area (Å²) in [4.78, 5) is 12.9. The number of aromatic nitrogens is 1. The van der Waals surface area contributed by atoms with E-state index in [1.54, 1.807) is 19.0 Å². The molecule has 0 aliphatic carbocycles. The van der Waals surface area contributed by atoms with Gasteiger partial charge in [-0.05, 0) is 18.5 Å². The van der Waals surface area contributed by atoms with E-state index in [1.165, 1.54) is 11.5 Å². The van der Waals surface area contributed by atoms with E-state index in [4.69, 9.17) is 10.5 Å². The highest BCUT2D eigenvalue weighted by molar-refractivity contribution is 7.11. The van der Waals surface area contributed by atoms with E-state index >= 15 is 0 Å². The summed E-state index contributed by atoms with van der Waals surface area (Å²) in [5.74, 6) is 1.04. The van der Waals surface area contributed by atoms with Gasteiger partial charge >= 0.3 is 0 Å². The molecule has 0 aliphatic heterocycles. The molecule has 7 heteroatoms. The Labute approximate surface area is 105 Å². The zero-order valence-corrected chi connectivity index (χ0v) is 11.1. The summed E-state index contributed by atoms with van der Waals surface area (Å²) < 4.78 is 9.38. The maximum absolute atomic E-state index is 11.4. The minimum atomic E-state index is 0.0768. The molecule has 0 aliphatic rings. The fraction of sp³-hybridized carbons (Fsp3) is 0.600. The zero-order valence-electron chi connectivity index (χ0n) is 10.3. The molecular weight excluding hydrogens is 240 g/mol. The topological polar surface area (TPSA) is 80.5 Å². The molecule has 0 saturated carbocycles. The molecule has 3 N–H and O–H groups in total. The van der Waals surface area contributed by atoms with Crippen LogP contribution in [0, 0.1) is 0 Å². The van der Waals surface area contributed by atoms with Gasteiger partial charge in [0.15, 0.2) is 16.6 Å². The summed E-state index contributed by atoms with van der Waals surface area (Å²) in [5.41, 5.74) is 5.67. The second-order valence-corrected chi connectivity index (χ2v) is 4.40. The van der Waals surface area contributed by atoms with Crippen LogP contribution in [0.2, 0.25) is 0 Å². The number of nitrogens with two attached hydrogens (primary N) is 1. The van der Waals surface area contributed by atoms with Crippen LogP contribution < -0.4 is 15.8 Å². The molecule has 0 saturated heterocycles. The van der Waals surface area contributed by atoms with E-state index in [1.807, 2.05) is 6.92 Å². The summed E-state index contributed by atoms with van der Waals surface area (Å²) >= 11 is 1.24. The van der Waals surface area contributed by atoms with Crippen LogP contribution in [0.5, 0.6) is 5.75 Å². The van der Waals surface area contributed by atoms with Crippen molar-refractivity contribution in [3.8, 4) is 5.75 Å². The lowest BCUT2D eigenvalue weighted by Crippen LogP contribution is -2.23. The lowest BCUT2D eigenvalue weighted by Gasteiger charge is -2.11. The summed E-state index contributed by atoms with van der Waals surface area (Å²) in [5, 5.41) is 3.88. The number of rotatable bonds is 6. The number of nitrogens with one attached hydrogen (secondary N) is 1. The first-order chi connectivity index (χ1) is 8.06. The van der Waals surface area contributed by atoms with Gasteiger partial charge < -0.3 is 20.7 Å². The quantitative estimate of drug-likeness (QED) is 0.796. The predicted octanol–water partition coefficient (Wildman–Crippen LogP) is 1.01. The van der Waals surface area contributed by atoms with Crippen LogP contribution in [0.15, 0.2) is 0 Å². The minimum Gasteiger partial charge on any atom is -0.487 e. The number of anilines is 2. The molecule has 0 radical (unpaired) electrons. The Morgan fingerprint density at radius 1 is 1.59 bits per heavy atom. The molecule has 0 aromatic carbocycles. The SMILES string of the molecule is CCOc1c(N)nsc1NCCC(=O)N(C)C. The van der Waals surface area contributed by atoms with E-state index < -0.39 is 0 Å². The fourth-order valence-corrected chi connectivity index (χ4v) is 1.88. The van der Waals surface area contributed by atoms with Crippen LogP contribution in [0.4, 0.5) is 10.8 Å². The van der Waals surface area contributed by atoms with Crippen LogP contribution in [0.3, 0.4) is 0 Å². The van der Waals surface area contributed by atoms with Crippen molar-refractivity contribution in [2.24, 2.45) is 0 Å². The number of hydrogen-bond donors (Lipinski definition) is 2. The van der Waals surface area contributed by atoms with E-state index in [9.17, 15) is 4.79 Å². The van der Waals surface area contributed by atoms with Gasteiger partial charge in [-0.25, -0.2) is 0 Å². The smallest absolute Gasteiger partial charge is 0.223 e. The second kappa shape index (κ2) is 6.29. The van der Waals surface area contributed by atoms with Gasteiger partial charge in [0.1, 0.15) is 0 Å². The third-order valence-electron chi connectivity index (χ3n) is 2.09. The summed E-state index contributed by atoms with van der Waals surface area (Å²) in [6.07, 6.45) is 0.427. The average Bonchev–Trinajstić information content (AvgIpc) is 2.61. The van der Waals surface area contributed by atoms with Crippen LogP contribution in [0.1, 0.15) is 13.3 Å². The lowest BCUT2D eigenvalue weighted by atomic mass is 10.4. The highest BCUT2D eigenvalue weighted by Gasteiger charge is 2.12. The number of ether oxygens (including phenoxy) is 1. The van der Waals surface area contributed by atoms with Gasteiger partial charge in [0.25, 0.3) is 0 Å². The zero-order chi connectivity index (χ0) is 12.8. The first kappa shape index (κ1) is 13.6. The van der Waals surface area contributed by atoms with E-state index in [0.717, 1.165) is 5.00 Å². The Balaban J connectivity index is 2.49. The van der Waals surface area contributed by atoms with E-state index in [0.29, 0.717) is 31.1 Å². The molecule has 0 atom stereocenters. The maximum Gasteiger partial charge on any atom is 0.223 e. The molecule has 6 nitrogen and oxygen atoms in total. The van der Waals surface area contributed by atoms with E-state index in [-0.39, 0.29) is 5.91 Å². The van der Waals surface area contributed by atoms with Crippen LogP contribution in [-0.4, -0.2) is 42.4 Å². The molecule has 1 aromatic heterocycles. The van der Waals surface area contributed by atoms with E-state index in [2.05, 4.69) is 9.69 Å². The van der Waals surface area contributed by atoms with Crippen molar-refractivity contribution in [2.75, 3.05) is 38.3 Å². The Hall–Kier alpha value is -1.50. The van der Waals surface area contributed by atoms with Crippen LogP contribution in [-0.2, 0) is 4.79 Å². The second-order valence-electron chi connectivity index (χ2n) is 3.62. The summed E-state index contributed by atoms with van der Waals surface area (Å²) in [6, 6.07) is 0. The maximum atomic E-state index is 11.4. The highest BCUT2D eigenvalue weighted by Crippen LogP contribution is 2.34. The van der Waals surface area contributed by atoms with Gasteiger partial charge in [-0.3, -0.25) is 4.79 Å². The van der Waals surface area contributed by atoms with Gasteiger partial charge in [0, 0.05) is 27.1 Å². The van der Waals surface area contributed by atoms with Gasteiger partial charge in [0.2, 0.25) is 5.91 Å². The number of amides is 1. The Morgan fingerprint density at radius 3 is 2.88 bits per heavy atom. The monoisotopic (exact) mass is 258 g/mol. The standard InChI is InChI=1S/C10H18N4O2S/c1-4-16-8-9(11)13-17-10(8)12-6-5-7(15)14(2)3/h12H,4-6H2,1-3H3,(H2,11,13). The molecule has 1 amide bonds. The van der Waals surface area contributed by atoms with Crippen molar-refractivity contribution in [1.29, 1.82) is 0 Å². The molecule has 17 heavy (non-hydrogen) atoms. The number of nitrogens with zero attached hydrogens (tertiary/aromatic N) is 2. The summed E-state index contributed by atoms with van der Waals surface area (Å²) in [6.45, 7) is 2.96.